The number of thioether (sulfide) groups is 1. The van der Waals surface area contributed by atoms with Crippen LogP contribution in [-0.4, -0.2) is 42.2 Å². The van der Waals surface area contributed by atoms with Gasteiger partial charge in [-0.15, -0.1) is 23.1 Å². The van der Waals surface area contributed by atoms with Gasteiger partial charge in [0.05, 0.1) is 12.7 Å². The summed E-state index contributed by atoms with van der Waals surface area (Å²) < 4.78 is 5.22. The number of nitrogens with one attached hydrogen (secondary N) is 3. The smallest absolute Gasteiger partial charge is 0.341 e. The fourth-order valence-electron chi connectivity index (χ4n) is 6.62. The van der Waals surface area contributed by atoms with Crippen molar-refractivity contribution in [3.63, 3.8) is 0 Å². The molecule has 3 N–H and O–H groups in total. The maximum Gasteiger partial charge on any atom is 0.341 e. The van der Waals surface area contributed by atoms with Crippen LogP contribution in [0.3, 0.4) is 0 Å². The van der Waals surface area contributed by atoms with E-state index in [9.17, 15) is 19.2 Å². The van der Waals surface area contributed by atoms with Crippen LogP contribution in [0.2, 0.25) is 10.0 Å². The lowest BCUT2D eigenvalue weighted by Gasteiger charge is -2.27. The van der Waals surface area contributed by atoms with Crippen molar-refractivity contribution in [2.24, 2.45) is 0 Å². The topological polar surface area (TPSA) is 117 Å². The average Bonchev–Trinajstić information content (AvgIpc) is 3.61. The Morgan fingerprint density at radius 2 is 1.56 bits per heavy atom. The number of rotatable bonds is 13. The summed E-state index contributed by atoms with van der Waals surface area (Å²) in [5.41, 5.74) is 4.46. The Morgan fingerprint density at radius 3 is 2.27 bits per heavy atom. The Labute approximate surface area is 360 Å². The molecule has 2 heterocycles. The summed E-state index contributed by atoms with van der Waals surface area (Å²) in [4.78, 5) is 58.7. The van der Waals surface area contributed by atoms with E-state index in [2.05, 4.69) is 33.0 Å². The van der Waals surface area contributed by atoms with E-state index in [-0.39, 0.29) is 11.6 Å². The minimum Gasteiger partial charge on any atom is -0.465 e. The molecule has 5 aromatic carbocycles. The average molecular weight is 862 g/mol. The maximum absolute atomic E-state index is 14.4. The number of esters is 1. The molecule has 59 heavy (non-hydrogen) atoms. The third kappa shape index (κ3) is 10.5. The van der Waals surface area contributed by atoms with Crippen LogP contribution in [0.15, 0.2) is 144 Å². The molecule has 0 spiro atoms. The van der Waals surface area contributed by atoms with E-state index in [1.54, 1.807) is 66.7 Å². The van der Waals surface area contributed by atoms with E-state index < -0.39 is 23.0 Å². The molecule has 1 aromatic heterocycles. The van der Waals surface area contributed by atoms with E-state index in [1.807, 2.05) is 54.6 Å². The number of ether oxygens (including phenoxy) is 1. The largest absolute Gasteiger partial charge is 0.465 e. The molecule has 3 amide bonds. The summed E-state index contributed by atoms with van der Waals surface area (Å²) in [7, 11) is 1.35. The van der Waals surface area contributed by atoms with E-state index >= 15 is 0 Å². The summed E-state index contributed by atoms with van der Waals surface area (Å²) in [6.07, 6.45) is 2.13. The number of anilines is 2. The van der Waals surface area contributed by atoms with Crippen molar-refractivity contribution >= 4 is 86.8 Å². The van der Waals surface area contributed by atoms with Crippen molar-refractivity contribution in [3.8, 4) is 0 Å². The minimum atomic E-state index is -0.742. The highest BCUT2D eigenvalue weighted by atomic mass is 35.5. The van der Waals surface area contributed by atoms with Gasteiger partial charge in [-0.05, 0) is 77.2 Å². The van der Waals surface area contributed by atoms with Crippen LogP contribution in [0.1, 0.15) is 53.1 Å². The first-order valence-corrected chi connectivity index (χ1v) is 21.1. The molecule has 1 unspecified atom stereocenters. The highest BCUT2D eigenvalue weighted by molar-refractivity contribution is 8.00. The summed E-state index contributed by atoms with van der Waals surface area (Å²) >= 11 is 15.3. The molecule has 0 radical (unpaired) electrons. The Hall–Kier alpha value is -5.69. The minimum absolute atomic E-state index is 0.0501. The van der Waals surface area contributed by atoms with Gasteiger partial charge in [0, 0.05) is 50.7 Å². The number of halogens is 2. The first-order valence-electron chi connectivity index (χ1n) is 18.6. The van der Waals surface area contributed by atoms with Gasteiger partial charge in [0.25, 0.3) is 11.8 Å². The first kappa shape index (κ1) is 41.5. The van der Waals surface area contributed by atoms with Gasteiger partial charge in [0.2, 0.25) is 5.91 Å². The van der Waals surface area contributed by atoms with Crippen molar-refractivity contribution in [2.45, 2.75) is 29.7 Å². The van der Waals surface area contributed by atoms with Gasteiger partial charge >= 0.3 is 5.97 Å². The lowest BCUT2D eigenvalue weighted by molar-refractivity contribution is -0.116. The summed E-state index contributed by atoms with van der Waals surface area (Å²) in [5, 5.41) is 9.14. The summed E-state index contributed by atoms with van der Waals surface area (Å²) in [6, 6.07) is 40.0. The van der Waals surface area contributed by atoms with Gasteiger partial charge in [-0.1, -0.05) is 114 Å². The third-order valence-corrected chi connectivity index (χ3v) is 12.4. The summed E-state index contributed by atoms with van der Waals surface area (Å²) in [5.74, 6) is -1.90. The molecule has 13 heteroatoms. The molecule has 298 valence electrons. The number of fused-ring (bicyclic) bond motifs is 1. The molecule has 7 rings (SSSR count). The molecular weight excluding hydrogens is 824 g/mol. The number of amides is 3. The Kier molecular flexibility index (Phi) is 13.6. The number of hydrogen-bond acceptors (Lipinski definition) is 8. The quantitative estimate of drug-likeness (QED) is 0.0602. The number of hydrogen-bond donors (Lipinski definition) is 3. The number of nitrogens with zero attached hydrogens (tertiary/aromatic N) is 1. The van der Waals surface area contributed by atoms with Gasteiger partial charge in [-0.25, -0.2) is 4.79 Å². The van der Waals surface area contributed by atoms with Crippen LogP contribution >= 0.6 is 46.3 Å². The summed E-state index contributed by atoms with van der Waals surface area (Å²) in [6.45, 7) is 2.18. The Balaban J connectivity index is 1.12. The highest BCUT2D eigenvalue weighted by Gasteiger charge is 2.31. The lowest BCUT2D eigenvalue weighted by Crippen LogP contribution is -2.30. The van der Waals surface area contributed by atoms with Gasteiger partial charge in [-0.3, -0.25) is 19.3 Å². The van der Waals surface area contributed by atoms with Gasteiger partial charge in [0.1, 0.15) is 15.9 Å². The first-order chi connectivity index (χ1) is 28.6. The number of thiophene rings is 1. The van der Waals surface area contributed by atoms with Crippen molar-refractivity contribution in [3.05, 3.63) is 187 Å². The van der Waals surface area contributed by atoms with Crippen LogP contribution in [0.25, 0.3) is 6.08 Å². The van der Waals surface area contributed by atoms with E-state index in [1.165, 1.54) is 41.8 Å². The molecule has 6 aromatic rings. The van der Waals surface area contributed by atoms with Crippen molar-refractivity contribution in [1.82, 2.24) is 10.2 Å². The second-order valence-corrected chi connectivity index (χ2v) is 16.7. The second-order valence-electron chi connectivity index (χ2n) is 13.6. The molecule has 1 aliphatic heterocycles. The number of benzene rings is 5. The molecule has 0 fully saturated rings. The van der Waals surface area contributed by atoms with Crippen LogP contribution in [0.4, 0.5) is 10.7 Å². The number of methoxy groups -OCH3 is 1. The molecule has 0 bridgehead atoms. The number of carbonyl (C=O) groups is 4. The Morgan fingerprint density at radius 1 is 0.847 bits per heavy atom. The zero-order chi connectivity index (χ0) is 41.3. The monoisotopic (exact) mass is 860 g/mol. The molecule has 0 saturated carbocycles. The molecule has 1 aliphatic rings. The highest BCUT2D eigenvalue weighted by Crippen LogP contribution is 2.41. The SMILES string of the molecule is COC(=O)c1c(NC(=O)C(Sc2cccc(NC(=O)/C(=C\c3ccc(Cl)cc3Cl)NC(=O)c3ccccc3)c2)c2ccccc2)sc2c1CCN(Cc1ccccc1)C2. The zero-order valence-corrected chi connectivity index (χ0v) is 34.9. The van der Waals surface area contributed by atoms with Crippen molar-refractivity contribution in [1.29, 1.82) is 0 Å². The molecule has 0 saturated heterocycles. The van der Waals surface area contributed by atoms with Crippen LogP contribution in [0, 0.1) is 0 Å². The fourth-order valence-corrected chi connectivity index (χ4v) is 9.44. The van der Waals surface area contributed by atoms with Gasteiger partial charge in [-0.2, -0.15) is 0 Å². The van der Waals surface area contributed by atoms with Gasteiger partial charge in [0.15, 0.2) is 0 Å². The second kappa shape index (κ2) is 19.4. The molecular formula is C46H38Cl2N4O5S2. The normalized spacial score (nSPS) is 13.2. The molecule has 0 aliphatic carbocycles. The van der Waals surface area contributed by atoms with Gasteiger partial charge < -0.3 is 20.7 Å². The van der Waals surface area contributed by atoms with Crippen LogP contribution in [0.5, 0.6) is 0 Å². The maximum atomic E-state index is 14.4. The van der Waals surface area contributed by atoms with E-state index in [4.69, 9.17) is 27.9 Å². The van der Waals surface area contributed by atoms with E-state index in [0.717, 1.165) is 29.1 Å². The molecule has 1 atom stereocenters. The zero-order valence-electron chi connectivity index (χ0n) is 31.7. The predicted molar refractivity (Wildman–Crippen MR) is 237 cm³/mol. The Bertz CT molecular complexity index is 2520. The third-order valence-electron chi connectivity index (χ3n) is 9.49. The van der Waals surface area contributed by atoms with Crippen LogP contribution < -0.4 is 16.0 Å². The fraction of sp³-hybridized carbons (Fsp3) is 0.130. The number of carbonyl (C=O) groups excluding carboxylic acids is 4. The standard InChI is InChI=1S/C46H38Cl2N4O5S2/c1-57-46(56)40-36-22-23-52(27-29-12-5-2-6-13-29)28-39(36)59-45(40)51-44(55)41(30-14-7-3-8-15-30)58-35-19-11-18-34(26-35)49-43(54)38(24-32-20-21-33(47)25-37(32)48)50-42(53)31-16-9-4-10-17-31/h2-21,24-26,41H,22-23,27-28H2,1H3,(H,49,54)(H,50,53)(H,51,55)/b38-24+. The van der Waals surface area contributed by atoms with Crippen molar-refractivity contribution in [2.75, 3.05) is 24.3 Å². The lowest BCUT2D eigenvalue weighted by atomic mass is 10.0. The van der Waals surface area contributed by atoms with Crippen molar-refractivity contribution < 1.29 is 23.9 Å². The van der Waals surface area contributed by atoms with E-state index in [0.29, 0.717) is 55.3 Å². The van der Waals surface area contributed by atoms with Crippen LogP contribution in [-0.2, 0) is 33.8 Å². The predicted octanol–water partition coefficient (Wildman–Crippen LogP) is 10.3. The molecule has 9 nitrogen and oxygen atoms in total.